The molecule has 1 aliphatic heterocycles. The molecular weight excluding hydrogens is 365 g/mol. The number of alkyl halides is 3. The summed E-state index contributed by atoms with van der Waals surface area (Å²) in [7, 11) is 0. The molecule has 1 aromatic carbocycles. The second-order valence-electron chi connectivity index (χ2n) is 7.81. The van der Waals surface area contributed by atoms with E-state index in [2.05, 4.69) is 15.2 Å². The van der Waals surface area contributed by atoms with Crippen molar-refractivity contribution in [3.63, 3.8) is 0 Å². The number of rotatable bonds is 6. The third-order valence-corrected chi connectivity index (χ3v) is 5.63. The van der Waals surface area contributed by atoms with E-state index in [1.807, 2.05) is 12.1 Å². The van der Waals surface area contributed by atoms with Gasteiger partial charge in [0.25, 0.3) is 0 Å². The number of benzene rings is 1. The highest BCUT2D eigenvalue weighted by Crippen LogP contribution is 2.41. The van der Waals surface area contributed by atoms with Crippen molar-refractivity contribution >= 4 is 0 Å². The normalized spacial score (nSPS) is 25.2. The summed E-state index contributed by atoms with van der Waals surface area (Å²) in [6.45, 7) is 4.03. The Hall–Kier alpha value is -1.96. The van der Waals surface area contributed by atoms with Crippen LogP contribution in [0, 0.1) is 0 Å². The van der Waals surface area contributed by atoms with E-state index in [1.54, 1.807) is 12.3 Å². The fourth-order valence-electron chi connectivity index (χ4n) is 3.91. The summed E-state index contributed by atoms with van der Waals surface area (Å²) in [6.07, 6.45) is -0.398. The van der Waals surface area contributed by atoms with Crippen LogP contribution in [0.25, 0.3) is 11.3 Å². The highest BCUT2D eigenvalue weighted by atomic mass is 19.4. The molecule has 0 spiro atoms. The number of nitrogens with two attached hydrogens (primary N) is 1. The van der Waals surface area contributed by atoms with Gasteiger partial charge in [0.2, 0.25) is 0 Å². The summed E-state index contributed by atoms with van der Waals surface area (Å²) in [5.41, 5.74) is 7.45. The number of hydrogen-bond acceptors (Lipinski definition) is 4. The Labute approximate surface area is 162 Å². The molecule has 0 amide bonds. The zero-order valence-electron chi connectivity index (χ0n) is 15.6. The molecule has 1 aromatic heterocycles. The van der Waals surface area contributed by atoms with Crippen LogP contribution in [0.3, 0.4) is 0 Å². The number of hydrogen-bond donors (Lipinski definition) is 2. The Morgan fingerprint density at radius 3 is 2.75 bits per heavy atom. The molecule has 3 N–H and O–H groups in total. The van der Waals surface area contributed by atoms with Crippen molar-refractivity contribution in [1.82, 2.24) is 15.2 Å². The summed E-state index contributed by atoms with van der Waals surface area (Å²) in [6, 6.07) is 9.86. The molecule has 2 fully saturated rings. The van der Waals surface area contributed by atoms with Crippen LogP contribution in [0.5, 0.6) is 0 Å². The zero-order valence-corrected chi connectivity index (χ0v) is 15.6. The zero-order chi connectivity index (χ0) is 19.7. The lowest BCUT2D eigenvalue weighted by Gasteiger charge is -2.15. The van der Waals surface area contributed by atoms with Gasteiger partial charge in [0.1, 0.15) is 0 Å². The average molecular weight is 390 g/mol. The van der Waals surface area contributed by atoms with Crippen molar-refractivity contribution in [2.24, 2.45) is 5.73 Å². The van der Waals surface area contributed by atoms with Crippen LogP contribution in [0.1, 0.15) is 29.9 Å². The molecule has 28 heavy (non-hydrogen) atoms. The van der Waals surface area contributed by atoms with Crippen LogP contribution < -0.4 is 11.1 Å². The van der Waals surface area contributed by atoms with E-state index in [4.69, 9.17) is 5.73 Å². The number of halogens is 3. The van der Waals surface area contributed by atoms with Gasteiger partial charge >= 0.3 is 6.18 Å². The van der Waals surface area contributed by atoms with Crippen molar-refractivity contribution in [2.75, 3.05) is 26.2 Å². The van der Waals surface area contributed by atoms with Gasteiger partial charge in [-0.3, -0.25) is 4.98 Å². The molecule has 1 saturated carbocycles. The molecule has 2 aromatic rings. The number of aromatic nitrogens is 1. The minimum Gasteiger partial charge on any atom is -0.326 e. The second-order valence-corrected chi connectivity index (χ2v) is 7.81. The Morgan fingerprint density at radius 2 is 2.07 bits per heavy atom. The summed E-state index contributed by atoms with van der Waals surface area (Å²) in [4.78, 5) is 6.79. The summed E-state index contributed by atoms with van der Waals surface area (Å²) >= 11 is 0. The van der Waals surface area contributed by atoms with Crippen molar-refractivity contribution in [1.29, 1.82) is 0 Å². The molecule has 150 valence electrons. The van der Waals surface area contributed by atoms with Crippen LogP contribution in [-0.2, 0) is 6.18 Å². The Balaban J connectivity index is 1.31. The number of nitrogens with zero attached hydrogens (tertiary/aromatic N) is 2. The second kappa shape index (κ2) is 7.81. The van der Waals surface area contributed by atoms with E-state index in [0.717, 1.165) is 56.7 Å². The molecular formula is C21H25F3N4. The smallest absolute Gasteiger partial charge is 0.326 e. The van der Waals surface area contributed by atoms with Crippen molar-refractivity contribution in [2.45, 2.75) is 37.0 Å². The average Bonchev–Trinajstić information content (AvgIpc) is 3.33. The first-order valence-electron chi connectivity index (χ1n) is 9.75. The fourth-order valence-corrected chi connectivity index (χ4v) is 3.91. The van der Waals surface area contributed by atoms with Gasteiger partial charge in [0.15, 0.2) is 0 Å². The molecule has 0 bridgehead atoms. The van der Waals surface area contributed by atoms with E-state index in [1.165, 1.54) is 6.07 Å². The molecule has 4 nitrogen and oxygen atoms in total. The maximum absolute atomic E-state index is 12.9. The maximum Gasteiger partial charge on any atom is 0.416 e. The quantitative estimate of drug-likeness (QED) is 0.795. The van der Waals surface area contributed by atoms with Gasteiger partial charge in [-0.25, -0.2) is 0 Å². The minimum absolute atomic E-state index is 0.315. The number of nitrogens with one attached hydrogen (secondary N) is 1. The van der Waals surface area contributed by atoms with E-state index >= 15 is 0 Å². The minimum atomic E-state index is -4.34. The van der Waals surface area contributed by atoms with E-state index in [9.17, 15) is 13.2 Å². The van der Waals surface area contributed by atoms with Gasteiger partial charge in [0, 0.05) is 49.4 Å². The highest BCUT2D eigenvalue weighted by molar-refractivity contribution is 5.60. The molecule has 0 radical (unpaired) electrons. The van der Waals surface area contributed by atoms with Gasteiger partial charge in [-0.15, -0.1) is 0 Å². The number of likely N-dealkylation sites (tertiary alicyclic amines) is 1. The predicted octanol–water partition coefficient (Wildman–Crippen LogP) is 3.25. The van der Waals surface area contributed by atoms with Crippen LogP contribution in [-0.4, -0.2) is 48.1 Å². The first kappa shape index (κ1) is 19.4. The van der Waals surface area contributed by atoms with Crippen LogP contribution >= 0.6 is 0 Å². The number of pyridine rings is 1. The Bertz CT molecular complexity index is 806. The van der Waals surface area contributed by atoms with Gasteiger partial charge in [-0.1, -0.05) is 18.2 Å². The summed E-state index contributed by atoms with van der Waals surface area (Å²) < 4.78 is 38.7. The highest BCUT2D eigenvalue weighted by Gasteiger charge is 2.38. The largest absolute Gasteiger partial charge is 0.416 e. The first-order valence-corrected chi connectivity index (χ1v) is 9.75. The third kappa shape index (κ3) is 4.54. The third-order valence-electron chi connectivity index (χ3n) is 5.63. The summed E-state index contributed by atoms with van der Waals surface area (Å²) in [5.74, 6) is 0.434. The SMILES string of the molecule is NC1CCN(CCNC2CC2c2ccc(-c3cccc(C(F)(F)F)c3)nc2)C1. The van der Waals surface area contributed by atoms with Gasteiger partial charge in [-0.2, -0.15) is 13.2 Å². The molecule has 2 heterocycles. The molecule has 7 heteroatoms. The van der Waals surface area contributed by atoms with Gasteiger partial charge in [-0.05, 0) is 43.1 Å². The lowest BCUT2D eigenvalue weighted by molar-refractivity contribution is -0.137. The maximum atomic E-state index is 12.9. The van der Waals surface area contributed by atoms with Crippen molar-refractivity contribution in [3.8, 4) is 11.3 Å². The van der Waals surface area contributed by atoms with Crippen LogP contribution in [0.2, 0.25) is 0 Å². The monoisotopic (exact) mass is 390 g/mol. The predicted molar refractivity (Wildman–Crippen MR) is 103 cm³/mol. The van der Waals surface area contributed by atoms with E-state index < -0.39 is 11.7 Å². The molecule has 3 unspecified atom stereocenters. The molecule has 4 rings (SSSR count). The molecule has 1 saturated heterocycles. The molecule has 1 aliphatic carbocycles. The topological polar surface area (TPSA) is 54.2 Å². The van der Waals surface area contributed by atoms with Crippen molar-refractivity contribution < 1.29 is 13.2 Å². The van der Waals surface area contributed by atoms with E-state index in [-0.39, 0.29) is 0 Å². The van der Waals surface area contributed by atoms with Crippen molar-refractivity contribution in [3.05, 3.63) is 53.7 Å². The fraction of sp³-hybridized carbons (Fsp3) is 0.476. The van der Waals surface area contributed by atoms with Crippen LogP contribution in [0.15, 0.2) is 42.6 Å². The lowest BCUT2D eigenvalue weighted by Crippen LogP contribution is -2.33. The van der Waals surface area contributed by atoms with Crippen LogP contribution in [0.4, 0.5) is 13.2 Å². The molecule has 3 atom stereocenters. The first-order chi connectivity index (χ1) is 13.4. The summed E-state index contributed by atoms with van der Waals surface area (Å²) in [5, 5.41) is 3.58. The van der Waals surface area contributed by atoms with Gasteiger partial charge < -0.3 is 16.0 Å². The lowest BCUT2D eigenvalue weighted by atomic mass is 10.1. The Morgan fingerprint density at radius 1 is 1.21 bits per heavy atom. The van der Waals surface area contributed by atoms with E-state index in [0.29, 0.717) is 29.3 Å². The molecule has 2 aliphatic rings. The standard InChI is InChI=1S/C21H25F3N4/c22-21(23,24)16-3-1-2-14(10-16)19-5-4-15(12-27-19)18-11-20(18)26-7-9-28-8-6-17(25)13-28/h1-5,10,12,17-18,20,26H,6-9,11,13,25H2. The Kier molecular flexibility index (Phi) is 5.40. The van der Waals surface area contributed by atoms with Gasteiger partial charge in [0.05, 0.1) is 11.3 Å².